The van der Waals surface area contributed by atoms with Crippen molar-refractivity contribution >= 4 is 16.0 Å². The zero-order valence-corrected chi connectivity index (χ0v) is 12.5. The van der Waals surface area contributed by atoms with Crippen LogP contribution in [-0.4, -0.2) is 25.0 Å². The van der Waals surface area contributed by atoms with Gasteiger partial charge in [0.25, 0.3) is 0 Å². The SMILES string of the molecule is CC1CCC(NS(=O)(=O)c2ccc(F)cc2)(C(=O)O)CC1. The van der Waals surface area contributed by atoms with Gasteiger partial charge in [0.05, 0.1) is 4.90 Å². The minimum atomic E-state index is -4.00. The van der Waals surface area contributed by atoms with Gasteiger partial charge in [-0.1, -0.05) is 6.92 Å². The molecule has 1 aliphatic carbocycles. The van der Waals surface area contributed by atoms with Gasteiger partial charge in [-0.25, -0.2) is 12.8 Å². The molecule has 2 rings (SSSR count). The topological polar surface area (TPSA) is 83.5 Å². The molecular weight excluding hydrogens is 297 g/mol. The molecule has 0 spiro atoms. The number of sulfonamides is 1. The molecule has 2 N–H and O–H groups in total. The average Bonchev–Trinajstić information content (AvgIpc) is 2.41. The van der Waals surface area contributed by atoms with E-state index < -0.39 is 27.3 Å². The highest BCUT2D eigenvalue weighted by Crippen LogP contribution is 2.33. The molecule has 0 atom stereocenters. The molecule has 0 aromatic heterocycles. The second-order valence-electron chi connectivity index (χ2n) is 5.63. The van der Waals surface area contributed by atoms with Crippen LogP contribution < -0.4 is 4.72 Å². The van der Waals surface area contributed by atoms with Crippen molar-refractivity contribution in [2.45, 2.75) is 43.0 Å². The van der Waals surface area contributed by atoms with Crippen LogP contribution in [0.4, 0.5) is 4.39 Å². The fraction of sp³-hybridized carbons (Fsp3) is 0.500. The van der Waals surface area contributed by atoms with Crippen LogP contribution >= 0.6 is 0 Å². The number of nitrogens with one attached hydrogen (secondary N) is 1. The van der Waals surface area contributed by atoms with Crippen molar-refractivity contribution in [3.05, 3.63) is 30.1 Å². The molecular formula is C14H18FNO4S. The van der Waals surface area contributed by atoms with Crippen LogP contribution in [0, 0.1) is 11.7 Å². The number of aliphatic carboxylic acids is 1. The normalized spacial score (nSPS) is 26.5. The van der Waals surface area contributed by atoms with Crippen molar-refractivity contribution in [1.29, 1.82) is 0 Å². The Morgan fingerprint density at radius 3 is 2.29 bits per heavy atom. The lowest BCUT2D eigenvalue weighted by Crippen LogP contribution is -2.56. The van der Waals surface area contributed by atoms with E-state index in [0.717, 1.165) is 24.3 Å². The third-order valence-corrected chi connectivity index (χ3v) is 5.54. The predicted molar refractivity (Wildman–Crippen MR) is 74.7 cm³/mol. The Hall–Kier alpha value is -1.47. The molecule has 1 aromatic carbocycles. The van der Waals surface area contributed by atoms with Gasteiger partial charge in [-0.15, -0.1) is 0 Å². The highest BCUT2D eigenvalue weighted by molar-refractivity contribution is 7.89. The highest BCUT2D eigenvalue weighted by Gasteiger charge is 2.44. The van der Waals surface area contributed by atoms with Crippen molar-refractivity contribution in [1.82, 2.24) is 4.72 Å². The van der Waals surface area contributed by atoms with Crippen molar-refractivity contribution in [2.24, 2.45) is 5.92 Å². The maximum Gasteiger partial charge on any atom is 0.324 e. The summed E-state index contributed by atoms with van der Waals surface area (Å²) in [5, 5.41) is 9.44. The maximum absolute atomic E-state index is 12.9. The number of carboxylic acid groups (broad SMARTS) is 1. The minimum absolute atomic E-state index is 0.136. The van der Waals surface area contributed by atoms with Crippen LogP contribution in [0.25, 0.3) is 0 Å². The lowest BCUT2D eigenvalue weighted by atomic mass is 9.78. The summed E-state index contributed by atoms with van der Waals surface area (Å²) < 4.78 is 39.8. The molecule has 1 fully saturated rings. The van der Waals surface area contributed by atoms with E-state index in [1.54, 1.807) is 0 Å². The Morgan fingerprint density at radius 2 is 1.81 bits per heavy atom. The summed E-state index contributed by atoms with van der Waals surface area (Å²) >= 11 is 0. The second kappa shape index (κ2) is 5.73. The van der Waals surface area contributed by atoms with Crippen LogP contribution in [0.3, 0.4) is 0 Å². The Labute approximate surface area is 123 Å². The van der Waals surface area contributed by atoms with Crippen LogP contribution in [0.2, 0.25) is 0 Å². The number of hydrogen-bond acceptors (Lipinski definition) is 3. The Balaban J connectivity index is 2.28. The van der Waals surface area contributed by atoms with Crippen LogP contribution in [0.1, 0.15) is 32.6 Å². The third kappa shape index (κ3) is 3.41. The summed E-state index contributed by atoms with van der Waals surface area (Å²) in [7, 11) is -4.00. The maximum atomic E-state index is 12.9. The van der Waals surface area contributed by atoms with Crippen LogP contribution in [0.15, 0.2) is 29.2 Å². The van der Waals surface area contributed by atoms with Crippen molar-refractivity contribution < 1.29 is 22.7 Å². The fourth-order valence-corrected chi connectivity index (χ4v) is 3.96. The molecule has 0 heterocycles. The molecule has 7 heteroatoms. The first-order valence-corrected chi connectivity index (χ1v) is 8.26. The van der Waals surface area contributed by atoms with Gasteiger partial charge in [0.2, 0.25) is 10.0 Å². The lowest BCUT2D eigenvalue weighted by Gasteiger charge is -2.36. The van der Waals surface area contributed by atoms with Gasteiger partial charge in [-0.05, 0) is 55.9 Å². The molecule has 1 aromatic rings. The number of benzene rings is 1. The quantitative estimate of drug-likeness (QED) is 0.891. The Morgan fingerprint density at radius 1 is 1.29 bits per heavy atom. The molecule has 0 amide bonds. The number of rotatable bonds is 4. The predicted octanol–water partition coefficient (Wildman–Crippen LogP) is 2.14. The molecule has 0 radical (unpaired) electrons. The number of carboxylic acids is 1. The van der Waals surface area contributed by atoms with E-state index in [4.69, 9.17) is 0 Å². The van der Waals surface area contributed by atoms with Gasteiger partial charge in [0.15, 0.2) is 0 Å². The molecule has 0 saturated heterocycles. The second-order valence-corrected chi connectivity index (χ2v) is 7.31. The Bertz CT molecular complexity index is 619. The van der Waals surface area contributed by atoms with Gasteiger partial charge in [-0.3, -0.25) is 4.79 Å². The summed E-state index contributed by atoms with van der Waals surface area (Å²) in [4.78, 5) is 11.4. The summed E-state index contributed by atoms with van der Waals surface area (Å²) in [5.41, 5.74) is -1.47. The first-order chi connectivity index (χ1) is 9.75. The number of carbonyl (C=O) groups is 1. The smallest absolute Gasteiger partial charge is 0.324 e. The summed E-state index contributed by atoms with van der Waals surface area (Å²) in [6.45, 7) is 2.01. The van der Waals surface area contributed by atoms with Gasteiger partial charge in [0.1, 0.15) is 11.4 Å². The lowest BCUT2D eigenvalue weighted by molar-refractivity contribution is -0.145. The zero-order chi connectivity index (χ0) is 15.7. The molecule has 0 aliphatic heterocycles. The molecule has 21 heavy (non-hydrogen) atoms. The van der Waals surface area contributed by atoms with E-state index >= 15 is 0 Å². The summed E-state index contributed by atoms with van der Waals surface area (Å²) in [5.74, 6) is -1.33. The van der Waals surface area contributed by atoms with Gasteiger partial charge in [0, 0.05) is 0 Å². The van der Waals surface area contributed by atoms with E-state index in [0.29, 0.717) is 18.8 Å². The third-order valence-electron chi connectivity index (χ3n) is 3.99. The van der Waals surface area contributed by atoms with Gasteiger partial charge < -0.3 is 5.11 Å². The van der Waals surface area contributed by atoms with Gasteiger partial charge >= 0.3 is 5.97 Å². The minimum Gasteiger partial charge on any atom is -0.480 e. The number of halogens is 1. The monoisotopic (exact) mass is 315 g/mol. The van der Waals surface area contributed by atoms with E-state index in [2.05, 4.69) is 4.72 Å². The van der Waals surface area contributed by atoms with E-state index in [9.17, 15) is 22.7 Å². The summed E-state index contributed by atoms with van der Waals surface area (Å²) in [6, 6.07) is 4.31. The zero-order valence-electron chi connectivity index (χ0n) is 11.7. The average molecular weight is 315 g/mol. The standard InChI is InChI=1S/C14H18FNO4S/c1-10-6-8-14(9-7-10,13(17)18)16-21(19,20)12-4-2-11(15)3-5-12/h2-5,10,16H,6-9H2,1H3,(H,17,18). The molecule has 1 saturated carbocycles. The first-order valence-electron chi connectivity index (χ1n) is 6.78. The molecule has 116 valence electrons. The van der Waals surface area contributed by atoms with E-state index in [1.165, 1.54) is 0 Å². The van der Waals surface area contributed by atoms with E-state index in [-0.39, 0.29) is 17.7 Å². The molecule has 0 bridgehead atoms. The largest absolute Gasteiger partial charge is 0.480 e. The first kappa shape index (κ1) is 15.9. The van der Waals surface area contributed by atoms with Crippen LogP contribution in [-0.2, 0) is 14.8 Å². The van der Waals surface area contributed by atoms with Crippen molar-refractivity contribution in [3.63, 3.8) is 0 Å². The highest BCUT2D eigenvalue weighted by atomic mass is 32.2. The molecule has 1 aliphatic rings. The Kier molecular flexibility index (Phi) is 4.34. The van der Waals surface area contributed by atoms with Crippen LogP contribution in [0.5, 0.6) is 0 Å². The number of hydrogen-bond donors (Lipinski definition) is 2. The van der Waals surface area contributed by atoms with Gasteiger partial charge in [-0.2, -0.15) is 4.72 Å². The van der Waals surface area contributed by atoms with E-state index in [1.807, 2.05) is 6.92 Å². The van der Waals surface area contributed by atoms with Crippen molar-refractivity contribution in [3.8, 4) is 0 Å². The summed E-state index contributed by atoms with van der Waals surface area (Å²) in [6.07, 6.45) is 1.81. The van der Waals surface area contributed by atoms with Crippen molar-refractivity contribution in [2.75, 3.05) is 0 Å². The molecule has 5 nitrogen and oxygen atoms in total. The molecule has 0 unspecified atom stereocenters. The fourth-order valence-electron chi connectivity index (χ4n) is 2.54.